The van der Waals surface area contributed by atoms with Crippen LogP contribution in [0.5, 0.6) is 5.75 Å². The second-order valence-corrected chi connectivity index (χ2v) is 5.58. The molecule has 1 atom stereocenters. The highest BCUT2D eigenvalue weighted by Gasteiger charge is 2.35. The third-order valence-corrected chi connectivity index (χ3v) is 3.80. The lowest BCUT2D eigenvalue weighted by molar-refractivity contribution is -0.275. The van der Waals surface area contributed by atoms with Crippen molar-refractivity contribution in [2.45, 2.75) is 18.8 Å². The fourth-order valence-corrected chi connectivity index (χ4v) is 2.83. The fourth-order valence-electron chi connectivity index (χ4n) is 2.14. The molecule has 0 saturated carbocycles. The van der Waals surface area contributed by atoms with Crippen molar-refractivity contribution in [2.75, 3.05) is 0 Å². The number of ether oxygens (including phenoxy) is 1. The maximum Gasteiger partial charge on any atom is 0.573 e. The van der Waals surface area contributed by atoms with Gasteiger partial charge in [-0.15, -0.1) is 13.2 Å². The third kappa shape index (κ3) is 3.57. The van der Waals surface area contributed by atoms with E-state index in [2.05, 4.69) is 20.7 Å². The molecule has 2 nitrogen and oxygen atoms in total. The minimum absolute atomic E-state index is 0.259. The molecule has 0 aliphatic rings. The van der Waals surface area contributed by atoms with Gasteiger partial charge in [-0.05, 0) is 24.6 Å². The van der Waals surface area contributed by atoms with E-state index in [1.165, 1.54) is 18.2 Å². The van der Waals surface area contributed by atoms with Crippen LogP contribution < -0.4 is 10.5 Å². The van der Waals surface area contributed by atoms with Crippen molar-refractivity contribution in [3.8, 4) is 5.75 Å². The molecule has 0 aliphatic carbocycles. The summed E-state index contributed by atoms with van der Waals surface area (Å²) >= 11 is 3.37. The van der Waals surface area contributed by atoms with E-state index in [4.69, 9.17) is 5.73 Å². The lowest BCUT2D eigenvalue weighted by Gasteiger charge is -2.29. The van der Waals surface area contributed by atoms with Gasteiger partial charge >= 0.3 is 6.36 Å². The Labute approximate surface area is 128 Å². The molecule has 2 aromatic rings. The van der Waals surface area contributed by atoms with Crippen LogP contribution in [0.15, 0.2) is 53.0 Å². The SMILES string of the molecule is CC(N)(c1ccccc1Br)c1ccccc1OC(F)(F)F. The van der Waals surface area contributed by atoms with E-state index in [9.17, 15) is 13.2 Å². The Morgan fingerprint density at radius 2 is 1.48 bits per heavy atom. The molecule has 0 saturated heterocycles. The van der Waals surface area contributed by atoms with Crippen LogP contribution in [0.4, 0.5) is 13.2 Å². The predicted octanol–water partition coefficient (Wildman–Crippen LogP) is 4.57. The Bertz CT molecular complexity index is 641. The van der Waals surface area contributed by atoms with Crippen molar-refractivity contribution in [1.29, 1.82) is 0 Å². The van der Waals surface area contributed by atoms with E-state index in [1.807, 2.05) is 6.07 Å². The van der Waals surface area contributed by atoms with Crippen molar-refractivity contribution in [3.05, 3.63) is 64.1 Å². The second kappa shape index (κ2) is 5.69. The minimum Gasteiger partial charge on any atom is -0.405 e. The fraction of sp³-hybridized carbons (Fsp3) is 0.200. The Morgan fingerprint density at radius 1 is 0.952 bits per heavy atom. The number of halogens is 4. The first-order valence-corrected chi connectivity index (χ1v) is 6.90. The van der Waals surface area contributed by atoms with Crippen LogP contribution in [0, 0.1) is 0 Å². The van der Waals surface area contributed by atoms with Gasteiger partial charge in [-0.3, -0.25) is 0 Å². The van der Waals surface area contributed by atoms with Crippen LogP contribution in [-0.2, 0) is 5.54 Å². The van der Waals surface area contributed by atoms with Gasteiger partial charge in [0.25, 0.3) is 0 Å². The van der Waals surface area contributed by atoms with Crippen LogP contribution in [0.3, 0.4) is 0 Å². The number of para-hydroxylation sites is 1. The minimum atomic E-state index is -4.76. The first kappa shape index (κ1) is 15.9. The molecule has 21 heavy (non-hydrogen) atoms. The van der Waals surface area contributed by atoms with Gasteiger partial charge in [-0.25, -0.2) is 0 Å². The molecule has 1 unspecified atom stereocenters. The van der Waals surface area contributed by atoms with E-state index in [1.54, 1.807) is 31.2 Å². The molecule has 0 aliphatic heterocycles. The standard InChI is InChI=1S/C15H13BrF3NO/c1-14(20,10-6-2-4-8-12(10)16)11-7-3-5-9-13(11)21-15(17,18)19/h2-9H,20H2,1H3. The highest BCUT2D eigenvalue weighted by atomic mass is 79.9. The molecule has 0 bridgehead atoms. The van der Waals surface area contributed by atoms with E-state index < -0.39 is 11.9 Å². The first-order valence-electron chi connectivity index (χ1n) is 6.11. The monoisotopic (exact) mass is 359 g/mol. The topological polar surface area (TPSA) is 35.2 Å². The third-order valence-electron chi connectivity index (χ3n) is 3.11. The number of hydrogen-bond donors (Lipinski definition) is 1. The Morgan fingerprint density at radius 3 is 2.05 bits per heavy atom. The molecule has 0 radical (unpaired) electrons. The molecule has 0 fully saturated rings. The maximum atomic E-state index is 12.5. The zero-order valence-electron chi connectivity index (χ0n) is 11.1. The summed E-state index contributed by atoms with van der Waals surface area (Å²) in [6.07, 6.45) is -4.76. The molecule has 2 N–H and O–H groups in total. The smallest absolute Gasteiger partial charge is 0.405 e. The predicted molar refractivity (Wildman–Crippen MR) is 77.9 cm³/mol. The average molecular weight is 360 g/mol. The van der Waals surface area contributed by atoms with Crippen LogP contribution in [0.2, 0.25) is 0 Å². The van der Waals surface area contributed by atoms with Gasteiger partial charge in [0.15, 0.2) is 0 Å². The van der Waals surface area contributed by atoms with Crippen molar-refractivity contribution in [3.63, 3.8) is 0 Å². The molecular weight excluding hydrogens is 347 g/mol. The number of hydrogen-bond acceptors (Lipinski definition) is 2. The van der Waals surface area contributed by atoms with Crippen LogP contribution in [0.25, 0.3) is 0 Å². The summed E-state index contributed by atoms with van der Waals surface area (Å²) in [6, 6.07) is 13.0. The molecular formula is C15H13BrF3NO. The summed E-state index contributed by atoms with van der Waals surface area (Å²) in [6.45, 7) is 1.64. The normalized spacial score (nSPS) is 14.6. The summed E-state index contributed by atoms with van der Waals surface area (Å²) in [5, 5.41) is 0. The van der Waals surface area contributed by atoms with Gasteiger partial charge in [0, 0.05) is 10.0 Å². The van der Waals surface area contributed by atoms with Gasteiger partial charge in [-0.2, -0.15) is 0 Å². The number of rotatable bonds is 3. The molecule has 6 heteroatoms. The quantitative estimate of drug-likeness (QED) is 0.870. The molecule has 0 amide bonds. The molecule has 112 valence electrons. The van der Waals surface area contributed by atoms with Crippen LogP contribution in [0.1, 0.15) is 18.1 Å². The zero-order valence-corrected chi connectivity index (χ0v) is 12.7. The van der Waals surface area contributed by atoms with Crippen molar-refractivity contribution < 1.29 is 17.9 Å². The molecule has 0 heterocycles. The van der Waals surface area contributed by atoms with Gasteiger partial charge in [0.1, 0.15) is 5.75 Å². The molecule has 2 rings (SSSR count). The van der Waals surface area contributed by atoms with Crippen molar-refractivity contribution >= 4 is 15.9 Å². The maximum absolute atomic E-state index is 12.5. The van der Waals surface area contributed by atoms with Gasteiger partial charge in [0.05, 0.1) is 5.54 Å². The van der Waals surface area contributed by atoms with E-state index in [0.29, 0.717) is 5.56 Å². The number of benzene rings is 2. The summed E-state index contributed by atoms with van der Waals surface area (Å²) in [7, 11) is 0. The van der Waals surface area contributed by atoms with E-state index in [-0.39, 0.29) is 11.3 Å². The zero-order chi connectivity index (χ0) is 15.7. The Hall–Kier alpha value is -1.53. The average Bonchev–Trinajstić information content (AvgIpc) is 2.37. The largest absolute Gasteiger partial charge is 0.573 e. The van der Waals surface area contributed by atoms with Crippen molar-refractivity contribution in [2.24, 2.45) is 5.73 Å². The summed E-state index contributed by atoms with van der Waals surface area (Å²) in [5.74, 6) is -0.300. The molecule has 2 aromatic carbocycles. The highest BCUT2D eigenvalue weighted by Crippen LogP contribution is 2.38. The van der Waals surface area contributed by atoms with Crippen LogP contribution >= 0.6 is 15.9 Å². The number of nitrogens with two attached hydrogens (primary N) is 1. The van der Waals surface area contributed by atoms with Gasteiger partial charge in [0.2, 0.25) is 0 Å². The Kier molecular flexibility index (Phi) is 4.30. The Balaban J connectivity index is 2.53. The van der Waals surface area contributed by atoms with Gasteiger partial charge in [-0.1, -0.05) is 52.3 Å². The van der Waals surface area contributed by atoms with E-state index in [0.717, 1.165) is 4.47 Å². The van der Waals surface area contributed by atoms with Crippen molar-refractivity contribution in [1.82, 2.24) is 0 Å². The number of alkyl halides is 3. The first-order chi connectivity index (χ1) is 9.72. The molecule has 0 aromatic heterocycles. The lowest BCUT2D eigenvalue weighted by Crippen LogP contribution is -2.35. The summed E-state index contributed by atoms with van der Waals surface area (Å²) in [4.78, 5) is 0. The summed E-state index contributed by atoms with van der Waals surface area (Å²) < 4.78 is 42.4. The molecule has 0 spiro atoms. The van der Waals surface area contributed by atoms with Gasteiger partial charge < -0.3 is 10.5 Å². The second-order valence-electron chi connectivity index (χ2n) is 4.73. The van der Waals surface area contributed by atoms with E-state index >= 15 is 0 Å². The summed E-state index contributed by atoms with van der Waals surface area (Å²) in [5.41, 5.74) is 6.09. The van der Waals surface area contributed by atoms with Crippen LogP contribution in [-0.4, -0.2) is 6.36 Å². The highest BCUT2D eigenvalue weighted by molar-refractivity contribution is 9.10. The lowest BCUT2D eigenvalue weighted by atomic mass is 9.85.